The van der Waals surface area contributed by atoms with E-state index in [2.05, 4.69) is 10.0 Å². The molecule has 1 heterocycles. The van der Waals surface area contributed by atoms with E-state index in [1.165, 1.54) is 30.3 Å². The van der Waals surface area contributed by atoms with Gasteiger partial charge in [0.05, 0.1) is 17.1 Å². The van der Waals surface area contributed by atoms with Gasteiger partial charge in [-0.05, 0) is 91.6 Å². The third-order valence-corrected chi connectivity index (χ3v) is 11.0. The van der Waals surface area contributed by atoms with Gasteiger partial charge in [0.1, 0.15) is 4.90 Å². The van der Waals surface area contributed by atoms with Gasteiger partial charge in [0.15, 0.2) is 0 Å². The van der Waals surface area contributed by atoms with Crippen molar-refractivity contribution in [2.45, 2.75) is 35.6 Å². The average molecular weight is 688 g/mol. The highest BCUT2D eigenvalue weighted by Gasteiger charge is 2.28. The molecule has 0 aromatic heterocycles. The molecule has 13 heteroatoms. The summed E-state index contributed by atoms with van der Waals surface area (Å²) < 4.78 is 58.3. The molecule has 2 N–H and O–H groups in total. The van der Waals surface area contributed by atoms with Crippen molar-refractivity contribution in [1.29, 1.82) is 0 Å². The van der Waals surface area contributed by atoms with Gasteiger partial charge >= 0.3 is 0 Å². The van der Waals surface area contributed by atoms with Gasteiger partial charge in [-0.1, -0.05) is 53.5 Å². The van der Waals surface area contributed by atoms with Crippen LogP contribution in [0.4, 0.5) is 17.1 Å². The van der Waals surface area contributed by atoms with Crippen LogP contribution in [0.25, 0.3) is 0 Å². The number of nitrogens with zero attached hydrogens (tertiary/aromatic N) is 2. The number of amides is 1. The van der Waals surface area contributed by atoms with E-state index in [1.807, 2.05) is 11.0 Å². The maximum atomic E-state index is 13.7. The van der Waals surface area contributed by atoms with Crippen LogP contribution >= 0.6 is 23.2 Å². The van der Waals surface area contributed by atoms with Gasteiger partial charge in [0.2, 0.25) is 15.9 Å². The van der Waals surface area contributed by atoms with Crippen molar-refractivity contribution >= 4 is 66.2 Å². The highest BCUT2D eigenvalue weighted by Crippen LogP contribution is 2.32. The van der Waals surface area contributed by atoms with Crippen LogP contribution in [-0.4, -0.2) is 46.7 Å². The van der Waals surface area contributed by atoms with Gasteiger partial charge in [-0.2, -0.15) is 4.31 Å². The minimum atomic E-state index is -4.10. The van der Waals surface area contributed by atoms with Crippen LogP contribution in [0.5, 0.6) is 0 Å². The lowest BCUT2D eigenvalue weighted by Crippen LogP contribution is -2.37. The number of hydrogen-bond donors (Lipinski definition) is 2. The van der Waals surface area contributed by atoms with Crippen molar-refractivity contribution in [2.75, 3.05) is 34.6 Å². The molecule has 0 aliphatic carbocycles. The molecule has 0 unspecified atom stereocenters. The summed E-state index contributed by atoms with van der Waals surface area (Å²) in [4.78, 5) is 15.4. The molecule has 1 aliphatic heterocycles. The molecule has 1 fully saturated rings. The van der Waals surface area contributed by atoms with Crippen molar-refractivity contribution in [2.24, 2.45) is 0 Å². The Labute approximate surface area is 273 Å². The van der Waals surface area contributed by atoms with Crippen LogP contribution in [0, 0.1) is 0 Å². The Morgan fingerprint density at radius 3 is 2.00 bits per heavy atom. The first-order valence-corrected chi connectivity index (χ1v) is 18.0. The molecule has 5 rings (SSSR count). The normalized spacial score (nSPS) is 13.9. The van der Waals surface area contributed by atoms with Crippen LogP contribution in [0.15, 0.2) is 107 Å². The summed E-state index contributed by atoms with van der Waals surface area (Å²) in [5, 5.41) is 3.56. The topological polar surface area (TPSA) is 116 Å². The molecule has 4 aromatic carbocycles. The predicted molar refractivity (Wildman–Crippen MR) is 179 cm³/mol. The van der Waals surface area contributed by atoms with E-state index in [0.717, 1.165) is 23.6 Å². The third kappa shape index (κ3) is 8.36. The summed E-state index contributed by atoms with van der Waals surface area (Å²) in [6.07, 6.45) is 2.93. The monoisotopic (exact) mass is 686 g/mol. The van der Waals surface area contributed by atoms with Gasteiger partial charge in [0.25, 0.3) is 10.0 Å². The minimum absolute atomic E-state index is 0.00734. The Kier molecular flexibility index (Phi) is 10.4. The lowest BCUT2D eigenvalue weighted by atomic mass is 10.1. The van der Waals surface area contributed by atoms with Gasteiger partial charge in [-0.3, -0.25) is 9.52 Å². The summed E-state index contributed by atoms with van der Waals surface area (Å²) in [5.74, 6) is -0.636. The fourth-order valence-corrected chi connectivity index (χ4v) is 8.01. The lowest BCUT2D eigenvalue weighted by Gasteiger charge is -2.30. The SMILES string of the molecule is O=C(CN(Cc1ccccc1)S(=O)(=O)c1ccc(Cl)cc1)Nc1ccc(N2CCCCC2)c(S(=O)(=O)Nc2ccc(Cl)cc2)c1. The molecule has 45 heavy (non-hydrogen) atoms. The molecule has 0 radical (unpaired) electrons. The largest absolute Gasteiger partial charge is 0.370 e. The van der Waals surface area contributed by atoms with Gasteiger partial charge in [-0.15, -0.1) is 0 Å². The van der Waals surface area contributed by atoms with Gasteiger partial charge in [0, 0.05) is 41.1 Å². The molecule has 0 saturated carbocycles. The van der Waals surface area contributed by atoms with Crippen molar-refractivity contribution in [1.82, 2.24) is 4.31 Å². The summed E-state index contributed by atoms with van der Waals surface area (Å²) in [6, 6.07) is 25.6. The second-order valence-electron chi connectivity index (χ2n) is 10.6. The van der Waals surface area contributed by atoms with Crippen molar-refractivity contribution < 1.29 is 21.6 Å². The Balaban J connectivity index is 1.43. The molecule has 1 saturated heterocycles. The summed E-state index contributed by atoms with van der Waals surface area (Å²) in [5.41, 5.74) is 1.75. The van der Waals surface area contributed by atoms with E-state index < -0.39 is 32.5 Å². The van der Waals surface area contributed by atoms with Crippen LogP contribution < -0.4 is 14.9 Å². The minimum Gasteiger partial charge on any atom is -0.370 e. The number of sulfonamides is 2. The van der Waals surface area contributed by atoms with Crippen LogP contribution in [0.1, 0.15) is 24.8 Å². The highest BCUT2D eigenvalue weighted by molar-refractivity contribution is 7.93. The average Bonchev–Trinajstić information content (AvgIpc) is 3.03. The second-order valence-corrected chi connectivity index (χ2v) is 15.1. The number of halogens is 2. The Hall–Kier alpha value is -3.61. The molecule has 1 aliphatic rings. The zero-order chi connectivity index (χ0) is 32.0. The highest BCUT2D eigenvalue weighted by atomic mass is 35.5. The number of benzene rings is 4. The zero-order valence-corrected chi connectivity index (χ0v) is 27.3. The smallest absolute Gasteiger partial charge is 0.264 e. The molecule has 1 amide bonds. The number of hydrogen-bond acceptors (Lipinski definition) is 6. The Morgan fingerprint density at radius 1 is 0.756 bits per heavy atom. The van der Waals surface area contributed by atoms with Crippen molar-refractivity contribution in [3.05, 3.63) is 113 Å². The fourth-order valence-electron chi connectivity index (χ4n) is 5.06. The number of nitrogens with one attached hydrogen (secondary N) is 2. The predicted octanol–water partition coefficient (Wildman–Crippen LogP) is 6.61. The van der Waals surface area contributed by atoms with E-state index in [1.54, 1.807) is 60.7 Å². The first kappa shape index (κ1) is 32.8. The van der Waals surface area contributed by atoms with E-state index in [0.29, 0.717) is 40.1 Å². The first-order valence-electron chi connectivity index (χ1n) is 14.3. The number of piperidine rings is 1. The molecule has 9 nitrogen and oxygen atoms in total. The lowest BCUT2D eigenvalue weighted by molar-refractivity contribution is -0.116. The molecule has 0 atom stereocenters. The third-order valence-electron chi connectivity index (χ3n) is 7.30. The van der Waals surface area contributed by atoms with E-state index in [9.17, 15) is 21.6 Å². The number of rotatable bonds is 11. The summed E-state index contributed by atoms with van der Waals surface area (Å²) >= 11 is 12.0. The number of carbonyl (C=O) groups excluding carboxylic acids is 1. The van der Waals surface area contributed by atoms with Crippen LogP contribution in [-0.2, 0) is 31.4 Å². The number of anilines is 3. The van der Waals surface area contributed by atoms with Crippen LogP contribution in [0.3, 0.4) is 0 Å². The summed E-state index contributed by atoms with van der Waals surface area (Å²) in [6.45, 7) is 0.828. The van der Waals surface area contributed by atoms with Gasteiger partial charge in [-0.25, -0.2) is 16.8 Å². The van der Waals surface area contributed by atoms with Crippen molar-refractivity contribution in [3.8, 4) is 0 Å². The summed E-state index contributed by atoms with van der Waals surface area (Å²) in [7, 11) is -8.20. The molecule has 0 spiro atoms. The fraction of sp³-hybridized carbons (Fsp3) is 0.219. The maximum Gasteiger partial charge on any atom is 0.264 e. The number of carbonyl (C=O) groups is 1. The molecular formula is C32H32Cl2N4O5S2. The molecular weight excluding hydrogens is 655 g/mol. The van der Waals surface area contributed by atoms with E-state index in [-0.39, 0.29) is 22.0 Å². The molecule has 0 bridgehead atoms. The zero-order valence-electron chi connectivity index (χ0n) is 24.2. The maximum absolute atomic E-state index is 13.7. The Morgan fingerprint density at radius 2 is 1.36 bits per heavy atom. The van der Waals surface area contributed by atoms with Gasteiger partial charge < -0.3 is 10.2 Å². The quantitative estimate of drug-likeness (QED) is 0.183. The van der Waals surface area contributed by atoms with Crippen LogP contribution in [0.2, 0.25) is 10.0 Å². The standard InChI is InChI=1S/C32H32Cl2N4O5S2/c33-25-9-13-27(14-10-25)36-44(40,41)31-21-28(15-18-30(31)37-19-5-2-6-20-37)35-32(39)23-38(22-24-7-3-1-4-8-24)45(42,43)29-16-11-26(34)12-17-29/h1,3-4,7-18,21,36H,2,5-6,19-20,22-23H2,(H,35,39). The second kappa shape index (κ2) is 14.2. The van der Waals surface area contributed by atoms with E-state index in [4.69, 9.17) is 23.2 Å². The molecule has 4 aromatic rings. The first-order chi connectivity index (χ1) is 21.5. The molecule has 236 valence electrons. The Bertz CT molecular complexity index is 1850. The van der Waals surface area contributed by atoms with E-state index >= 15 is 0 Å². The van der Waals surface area contributed by atoms with Crippen molar-refractivity contribution in [3.63, 3.8) is 0 Å².